The lowest BCUT2D eigenvalue weighted by Crippen LogP contribution is -2.22. The molecule has 1 saturated heterocycles. The minimum atomic E-state index is 0.532. The Morgan fingerprint density at radius 2 is 2.40 bits per heavy atom. The van der Waals surface area contributed by atoms with Crippen LogP contribution in [0.3, 0.4) is 0 Å². The molecule has 0 amide bonds. The van der Waals surface area contributed by atoms with Crippen LogP contribution in [0.4, 0.5) is 0 Å². The first-order valence-corrected chi connectivity index (χ1v) is 4.25. The number of rotatable bonds is 1. The molecule has 2 fully saturated rings. The molecule has 2 N–H and O–H groups in total. The summed E-state index contributed by atoms with van der Waals surface area (Å²) < 4.78 is 0. The van der Waals surface area contributed by atoms with Crippen molar-refractivity contribution >= 4 is 0 Å². The van der Waals surface area contributed by atoms with Crippen molar-refractivity contribution in [1.82, 2.24) is 4.90 Å². The van der Waals surface area contributed by atoms with Crippen molar-refractivity contribution in [3.63, 3.8) is 0 Å². The summed E-state index contributed by atoms with van der Waals surface area (Å²) in [6, 6.07) is 0.532. The Hall–Kier alpha value is -0.0800. The first kappa shape index (κ1) is 6.62. The zero-order valence-electron chi connectivity index (χ0n) is 6.64. The maximum absolute atomic E-state index is 5.85. The van der Waals surface area contributed by atoms with E-state index >= 15 is 0 Å². The van der Waals surface area contributed by atoms with Crippen molar-refractivity contribution in [3.8, 4) is 0 Å². The number of hydrogen-bond acceptors (Lipinski definition) is 2. The number of nitrogens with two attached hydrogens (primary N) is 1. The van der Waals surface area contributed by atoms with E-state index in [1.165, 1.54) is 32.5 Å². The van der Waals surface area contributed by atoms with Gasteiger partial charge in [0.2, 0.25) is 0 Å². The third kappa shape index (κ3) is 0.789. The Morgan fingerprint density at radius 3 is 2.70 bits per heavy atom. The Bertz CT molecular complexity index is 146. The van der Waals surface area contributed by atoms with Crippen molar-refractivity contribution in [3.05, 3.63) is 0 Å². The Balaban J connectivity index is 1.95. The molecule has 1 heterocycles. The molecule has 0 aromatic heterocycles. The van der Waals surface area contributed by atoms with Crippen molar-refractivity contribution in [2.24, 2.45) is 11.1 Å². The molecular weight excluding hydrogens is 124 g/mol. The normalized spacial score (nSPS) is 46.8. The van der Waals surface area contributed by atoms with Gasteiger partial charge in [-0.2, -0.15) is 0 Å². The number of hydrogen-bond donors (Lipinski definition) is 1. The van der Waals surface area contributed by atoms with Gasteiger partial charge in [0, 0.05) is 18.0 Å². The minimum Gasteiger partial charge on any atom is -0.327 e. The molecular formula is C8H16N2. The van der Waals surface area contributed by atoms with Crippen LogP contribution in [0.25, 0.3) is 0 Å². The lowest BCUT2D eigenvalue weighted by atomic mass is 10.1. The maximum Gasteiger partial charge on any atom is 0.0115 e. The standard InChI is InChI=1S/C8H16N2/c1-2-10-4-3-8(6-10)5-7(8)9/h7H,2-6,9H2,1H3/t7-,8?/m1/s1. The van der Waals surface area contributed by atoms with Gasteiger partial charge < -0.3 is 10.6 Å². The van der Waals surface area contributed by atoms with Crippen LogP contribution in [0.15, 0.2) is 0 Å². The lowest BCUT2D eigenvalue weighted by molar-refractivity contribution is 0.335. The predicted molar refractivity (Wildman–Crippen MR) is 41.8 cm³/mol. The van der Waals surface area contributed by atoms with E-state index in [2.05, 4.69) is 11.8 Å². The van der Waals surface area contributed by atoms with Crippen LogP contribution in [-0.2, 0) is 0 Å². The van der Waals surface area contributed by atoms with E-state index in [-0.39, 0.29) is 0 Å². The van der Waals surface area contributed by atoms with Gasteiger partial charge in [0.05, 0.1) is 0 Å². The smallest absolute Gasteiger partial charge is 0.0115 e. The quantitative estimate of drug-likeness (QED) is 0.572. The molecule has 0 aromatic rings. The van der Waals surface area contributed by atoms with E-state index in [1.54, 1.807) is 0 Å². The highest BCUT2D eigenvalue weighted by atomic mass is 15.2. The second kappa shape index (κ2) is 1.95. The van der Waals surface area contributed by atoms with Gasteiger partial charge in [-0.05, 0) is 25.9 Å². The third-order valence-corrected chi connectivity index (χ3v) is 3.16. The topological polar surface area (TPSA) is 29.3 Å². The summed E-state index contributed by atoms with van der Waals surface area (Å²) in [5.41, 5.74) is 6.43. The highest BCUT2D eigenvalue weighted by Crippen LogP contribution is 2.51. The zero-order valence-corrected chi connectivity index (χ0v) is 6.64. The summed E-state index contributed by atoms with van der Waals surface area (Å²) in [4.78, 5) is 2.51. The van der Waals surface area contributed by atoms with Gasteiger partial charge in [-0.15, -0.1) is 0 Å². The Morgan fingerprint density at radius 1 is 1.70 bits per heavy atom. The molecule has 2 rings (SSSR count). The van der Waals surface area contributed by atoms with Gasteiger partial charge >= 0.3 is 0 Å². The van der Waals surface area contributed by atoms with E-state index in [0.717, 1.165) is 0 Å². The fourth-order valence-electron chi connectivity index (χ4n) is 2.10. The minimum absolute atomic E-state index is 0.532. The van der Waals surface area contributed by atoms with E-state index in [9.17, 15) is 0 Å². The van der Waals surface area contributed by atoms with Crippen molar-refractivity contribution < 1.29 is 0 Å². The molecule has 1 aliphatic carbocycles. The van der Waals surface area contributed by atoms with E-state index in [0.29, 0.717) is 11.5 Å². The molecule has 0 bridgehead atoms. The van der Waals surface area contributed by atoms with Gasteiger partial charge in [0.15, 0.2) is 0 Å². The summed E-state index contributed by atoms with van der Waals surface area (Å²) in [6.07, 6.45) is 2.63. The van der Waals surface area contributed by atoms with Crippen LogP contribution >= 0.6 is 0 Å². The molecule has 0 radical (unpaired) electrons. The Labute approximate surface area is 62.4 Å². The molecule has 1 spiro atoms. The van der Waals surface area contributed by atoms with Gasteiger partial charge in [-0.25, -0.2) is 0 Å². The third-order valence-electron chi connectivity index (χ3n) is 3.16. The van der Waals surface area contributed by atoms with Gasteiger partial charge in [0.1, 0.15) is 0 Å². The first-order valence-electron chi connectivity index (χ1n) is 4.25. The fraction of sp³-hybridized carbons (Fsp3) is 1.00. The second-order valence-corrected chi connectivity index (χ2v) is 3.79. The molecule has 0 aromatic carbocycles. The molecule has 2 nitrogen and oxygen atoms in total. The van der Waals surface area contributed by atoms with E-state index < -0.39 is 0 Å². The van der Waals surface area contributed by atoms with Crippen LogP contribution in [0, 0.1) is 5.41 Å². The average Bonchev–Trinajstić information content (AvgIpc) is 2.43. The van der Waals surface area contributed by atoms with Crippen LogP contribution in [0.2, 0.25) is 0 Å². The monoisotopic (exact) mass is 140 g/mol. The molecule has 58 valence electrons. The number of likely N-dealkylation sites (tertiary alicyclic amines) is 1. The van der Waals surface area contributed by atoms with Crippen molar-refractivity contribution in [1.29, 1.82) is 0 Å². The molecule has 1 unspecified atom stereocenters. The SMILES string of the molecule is CCN1CCC2(C[C@H]2N)C1. The lowest BCUT2D eigenvalue weighted by Gasteiger charge is -2.11. The highest BCUT2D eigenvalue weighted by Gasteiger charge is 2.54. The highest BCUT2D eigenvalue weighted by molar-refractivity contribution is 5.10. The number of nitrogens with zero attached hydrogens (tertiary/aromatic N) is 1. The fourth-order valence-corrected chi connectivity index (χ4v) is 2.10. The van der Waals surface area contributed by atoms with Crippen LogP contribution < -0.4 is 5.73 Å². The summed E-state index contributed by atoms with van der Waals surface area (Å²) in [6.45, 7) is 5.98. The van der Waals surface area contributed by atoms with Crippen LogP contribution in [-0.4, -0.2) is 30.6 Å². The predicted octanol–water partition coefficient (Wildman–Crippen LogP) is 0.429. The van der Waals surface area contributed by atoms with Crippen LogP contribution in [0.5, 0.6) is 0 Å². The average molecular weight is 140 g/mol. The second-order valence-electron chi connectivity index (χ2n) is 3.79. The first-order chi connectivity index (χ1) is 4.77. The van der Waals surface area contributed by atoms with Crippen LogP contribution in [0.1, 0.15) is 19.8 Å². The summed E-state index contributed by atoms with van der Waals surface area (Å²) in [5, 5.41) is 0. The molecule has 1 saturated carbocycles. The molecule has 2 heteroatoms. The molecule has 1 aliphatic heterocycles. The van der Waals surface area contributed by atoms with E-state index in [1.807, 2.05) is 0 Å². The van der Waals surface area contributed by atoms with Gasteiger partial charge in [-0.1, -0.05) is 6.92 Å². The van der Waals surface area contributed by atoms with Gasteiger partial charge in [0.25, 0.3) is 0 Å². The Kier molecular flexibility index (Phi) is 1.29. The molecule has 2 atom stereocenters. The zero-order chi connectivity index (χ0) is 7.19. The summed E-state index contributed by atoms with van der Waals surface area (Å²) >= 11 is 0. The van der Waals surface area contributed by atoms with E-state index in [4.69, 9.17) is 5.73 Å². The van der Waals surface area contributed by atoms with Gasteiger partial charge in [-0.3, -0.25) is 0 Å². The summed E-state index contributed by atoms with van der Waals surface area (Å²) in [5.74, 6) is 0. The van der Waals surface area contributed by atoms with Crippen molar-refractivity contribution in [2.45, 2.75) is 25.8 Å². The maximum atomic E-state index is 5.85. The largest absolute Gasteiger partial charge is 0.327 e. The van der Waals surface area contributed by atoms with Crippen molar-refractivity contribution in [2.75, 3.05) is 19.6 Å². The molecule has 10 heavy (non-hydrogen) atoms. The molecule has 2 aliphatic rings. The summed E-state index contributed by atoms with van der Waals surface area (Å²) in [7, 11) is 0.